The number of hydrogen-bond donors (Lipinski definition) is 2. The molecule has 0 spiro atoms. The van der Waals surface area contributed by atoms with Gasteiger partial charge in [0.1, 0.15) is 0 Å². The van der Waals surface area contributed by atoms with Gasteiger partial charge in [0, 0.05) is 32.1 Å². The second-order valence-electron chi connectivity index (χ2n) is 5.39. The van der Waals surface area contributed by atoms with Gasteiger partial charge in [0.15, 0.2) is 17.5 Å². The molecule has 25 heavy (non-hydrogen) atoms. The maximum Gasteiger partial charge on any atom is 0.193 e. The quantitative estimate of drug-likeness (QED) is 0.296. The van der Waals surface area contributed by atoms with Crippen LogP contribution in [0.5, 0.6) is 5.75 Å². The summed E-state index contributed by atoms with van der Waals surface area (Å²) in [7, 11) is 3.67. The Balaban J connectivity index is 0.00000312. The number of aromatic hydroxyl groups is 1. The Morgan fingerprint density at radius 3 is 2.40 bits per heavy atom. The maximum absolute atomic E-state index is 13.4. The number of phenols is 1. The molecule has 2 N–H and O–H groups in total. The molecule has 0 aliphatic carbocycles. The maximum atomic E-state index is 13.4. The lowest BCUT2D eigenvalue weighted by molar-refractivity contribution is 0.431. The molecule has 136 valence electrons. The zero-order valence-electron chi connectivity index (χ0n) is 14.5. The number of guanidine groups is 1. The van der Waals surface area contributed by atoms with Gasteiger partial charge in [-0.05, 0) is 41.6 Å². The first-order valence-electron chi connectivity index (χ1n) is 7.55. The molecule has 0 bridgehead atoms. The van der Waals surface area contributed by atoms with E-state index in [0.29, 0.717) is 6.54 Å². The lowest BCUT2D eigenvalue weighted by Gasteiger charge is -2.22. The van der Waals surface area contributed by atoms with Gasteiger partial charge < -0.3 is 15.3 Å². The van der Waals surface area contributed by atoms with E-state index < -0.39 is 5.82 Å². The molecule has 0 heterocycles. The molecule has 0 radical (unpaired) electrons. The fraction of sp³-hybridized carbons (Fsp3) is 0.278. The zero-order chi connectivity index (χ0) is 17.5. The number of rotatable bonds is 5. The highest BCUT2D eigenvalue weighted by molar-refractivity contribution is 14.0. The number of aliphatic imine (C=N–C) groups is 1. The van der Waals surface area contributed by atoms with Crippen LogP contribution >= 0.6 is 35.7 Å². The van der Waals surface area contributed by atoms with Gasteiger partial charge in [-0.1, -0.05) is 18.2 Å². The van der Waals surface area contributed by atoms with Crippen LogP contribution in [0.4, 0.5) is 4.39 Å². The fourth-order valence-electron chi connectivity index (χ4n) is 2.31. The van der Waals surface area contributed by atoms with E-state index in [1.165, 1.54) is 22.6 Å². The summed E-state index contributed by atoms with van der Waals surface area (Å²) in [5, 5.41) is 12.4. The monoisotopic (exact) mass is 475 g/mol. The van der Waals surface area contributed by atoms with Crippen LogP contribution in [0.3, 0.4) is 0 Å². The lowest BCUT2D eigenvalue weighted by atomic mass is 10.2. The number of phenolic OH excluding ortho intramolecular Hbond substituents is 1. The first kappa shape index (κ1) is 21.6. The average molecular weight is 475 g/mol. The summed E-state index contributed by atoms with van der Waals surface area (Å²) < 4.78 is 13.4. The summed E-state index contributed by atoms with van der Waals surface area (Å²) >= 11 is 1.72. The summed E-state index contributed by atoms with van der Waals surface area (Å²) in [6, 6.07) is 12.8. The van der Waals surface area contributed by atoms with E-state index >= 15 is 0 Å². The van der Waals surface area contributed by atoms with Crippen LogP contribution < -0.4 is 5.32 Å². The van der Waals surface area contributed by atoms with Crippen LogP contribution in [0, 0.1) is 5.82 Å². The molecule has 0 saturated heterocycles. The number of halogens is 2. The van der Waals surface area contributed by atoms with Crippen LogP contribution in [-0.4, -0.2) is 36.3 Å². The van der Waals surface area contributed by atoms with Gasteiger partial charge in [0.05, 0.1) is 0 Å². The summed E-state index contributed by atoms with van der Waals surface area (Å²) in [6.45, 7) is 1.15. The average Bonchev–Trinajstić information content (AvgIpc) is 2.59. The highest BCUT2D eigenvalue weighted by Gasteiger charge is 2.08. The minimum atomic E-state index is -0.619. The first-order chi connectivity index (χ1) is 11.5. The fourth-order valence-corrected chi connectivity index (χ4v) is 2.71. The Morgan fingerprint density at radius 1 is 1.20 bits per heavy atom. The number of nitrogens with zero attached hydrogens (tertiary/aromatic N) is 2. The SMILES string of the molecule is CN=C(NCc1ccc(O)c(F)c1)N(C)Cc1ccc(SC)cc1.I. The van der Waals surface area contributed by atoms with Crippen LogP contribution in [-0.2, 0) is 13.1 Å². The molecule has 0 atom stereocenters. The number of benzene rings is 2. The van der Waals surface area contributed by atoms with E-state index in [4.69, 9.17) is 0 Å². The Labute approximate surface area is 169 Å². The number of thioether (sulfide) groups is 1. The predicted octanol–water partition coefficient (Wildman–Crippen LogP) is 4.08. The van der Waals surface area contributed by atoms with E-state index in [1.54, 1.807) is 24.9 Å². The van der Waals surface area contributed by atoms with Crippen molar-refractivity contribution in [1.29, 1.82) is 0 Å². The van der Waals surface area contributed by atoms with E-state index in [1.807, 2.05) is 11.9 Å². The predicted molar refractivity (Wildman–Crippen MR) is 113 cm³/mol. The van der Waals surface area contributed by atoms with Crippen LogP contribution in [0.15, 0.2) is 52.4 Å². The summed E-state index contributed by atoms with van der Waals surface area (Å²) in [4.78, 5) is 7.50. The molecular weight excluding hydrogens is 452 g/mol. The van der Waals surface area contributed by atoms with Gasteiger partial charge in [0.25, 0.3) is 0 Å². The highest BCUT2D eigenvalue weighted by atomic mass is 127. The number of nitrogens with one attached hydrogen (secondary N) is 1. The van der Waals surface area contributed by atoms with Gasteiger partial charge in [-0.2, -0.15) is 0 Å². The van der Waals surface area contributed by atoms with Gasteiger partial charge in [0.2, 0.25) is 0 Å². The molecule has 0 unspecified atom stereocenters. The summed E-state index contributed by atoms with van der Waals surface area (Å²) in [6.07, 6.45) is 2.05. The topological polar surface area (TPSA) is 47.9 Å². The molecule has 0 amide bonds. The van der Waals surface area contributed by atoms with Crippen molar-refractivity contribution in [1.82, 2.24) is 10.2 Å². The van der Waals surface area contributed by atoms with Crippen molar-refractivity contribution in [3.8, 4) is 5.75 Å². The van der Waals surface area contributed by atoms with Gasteiger partial charge in [-0.25, -0.2) is 4.39 Å². The van der Waals surface area contributed by atoms with Gasteiger partial charge in [-0.15, -0.1) is 35.7 Å². The third-order valence-corrected chi connectivity index (χ3v) is 4.36. The standard InChI is InChI=1S/C18H22FN3OS.HI/c1-20-18(21-11-14-6-9-17(23)16(19)10-14)22(2)12-13-4-7-15(24-3)8-5-13;/h4-10,23H,11-12H2,1-3H3,(H,20,21);1H. The van der Waals surface area contributed by atoms with Crippen molar-refractivity contribution in [2.24, 2.45) is 4.99 Å². The van der Waals surface area contributed by atoms with Crippen LogP contribution in [0.25, 0.3) is 0 Å². The molecule has 0 aliphatic rings. The summed E-state index contributed by atoms with van der Waals surface area (Å²) in [5.41, 5.74) is 1.93. The molecule has 0 saturated carbocycles. The Bertz CT molecular complexity index is 710. The Kier molecular flexibility index (Phi) is 9.05. The van der Waals surface area contributed by atoms with E-state index in [0.717, 1.165) is 18.1 Å². The molecule has 0 aromatic heterocycles. The molecule has 0 aliphatic heterocycles. The van der Waals surface area contributed by atoms with Gasteiger partial charge >= 0.3 is 0 Å². The van der Waals surface area contributed by atoms with Crippen molar-refractivity contribution in [2.75, 3.05) is 20.4 Å². The largest absolute Gasteiger partial charge is 0.505 e. The molecule has 2 aromatic rings. The zero-order valence-corrected chi connectivity index (χ0v) is 17.6. The van der Waals surface area contributed by atoms with Crippen LogP contribution in [0.1, 0.15) is 11.1 Å². The van der Waals surface area contributed by atoms with E-state index in [-0.39, 0.29) is 29.7 Å². The third-order valence-electron chi connectivity index (χ3n) is 3.61. The van der Waals surface area contributed by atoms with Crippen LogP contribution in [0.2, 0.25) is 0 Å². The third kappa shape index (κ3) is 6.39. The normalized spacial score (nSPS) is 11.0. The smallest absolute Gasteiger partial charge is 0.193 e. The molecule has 0 fully saturated rings. The molecular formula is C18H23FIN3OS. The molecule has 2 aromatic carbocycles. The van der Waals surface area contributed by atoms with Gasteiger partial charge in [-0.3, -0.25) is 4.99 Å². The van der Waals surface area contributed by atoms with Crippen molar-refractivity contribution >= 4 is 41.7 Å². The summed E-state index contributed by atoms with van der Waals surface area (Å²) in [5.74, 6) is -0.238. The molecule has 4 nitrogen and oxygen atoms in total. The second-order valence-corrected chi connectivity index (χ2v) is 6.27. The second kappa shape index (κ2) is 10.5. The van der Waals surface area contributed by atoms with E-state index in [2.05, 4.69) is 40.8 Å². The van der Waals surface area contributed by atoms with Crippen molar-refractivity contribution in [3.05, 3.63) is 59.4 Å². The lowest BCUT2D eigenvalue weighted by Crippen LogP contribution is -2.38. The Morgan fingerprint density at radius 2 is 1.84 bits per heavy atom. The van der Waals surface area contributed by atoms with Crippen molar-refractivity contribution in [3.63, 3.8) is 0 Å². The van der Waals surface area contributed by atoms with Crippen molar-refractivity contribution in [2.45, 2.75) is 18.0 Å². The Hall–Kier alpha value is -1.48. The molecule has 2 rings (SSSR count). The first-order valence-corrected chi connectivity index (χ1v) is 8.78. The number of hydrogen-bond acceptors (Lipinski definition) is 3. The van der Waals surface area contributed by atoms with Crippen molar-refractivity contribution < 1.29 is 9.50 Å². The minimum Gasteiger partial charge on any atom is -0.505 e. The van der Waals surface area contributed by atoms with E-state index in [9.17, 15) is 9.50 Å². The molecule has 7 heteroatoms. The highest BCUT2D eigenvalue weighted by Crippen LogP contribution is 2.17. The minimum absolute atomic E-state index is 0.